The molecule has 1 amide bonds. The molecule has 1 unspecified atom stereocenters. The molecule has 10 heteroatoms. The summed E-state index contributed by atoms with van der Waals surface area (Å²) in [5.41, 5.74) is 1.03. The van der Waals surface area contributed by atoms with Crippen molar-refractivity contribution >= 4 is 22.8 Å². The molecule has 2 aromatic heterocycles. The molecule has 0 bridgehead atoms. The molecular weight excluding hydrogens is 531 g/mol. The van der Waals surface area contributed by atoms with Crippen LogP contribution < -0.4 is 4.90 Å². The molecule has 216 valence electrons. The van der Waals surface area contributed by atoms with Gasteiger partial charge in [-0.2, -0.15) is 18.2 Å². The first-order valence-electron chi connectivity index (χ1n) is 14.1. The highest BCUT2D eigenvalue weighted by Gasteiger charge is 2.32. The predicted octanol–water partition coefficient (Wildman–Crippen LogP) is 6.73. The lowest BCUT2D eigenvalue weighted by Crippen LogP contribution is -2.38. The van der Waals surface area contributed by atoms with E-state index in [1.807, 2.05) is 42.2 Å². The fraction of sp³-hybridized carbons (Fsp3) is 0.419. The normalized spacial score (nSPS) is 15.4. The van der Waals surface area contributed by atoms with E-state index in [0.717, 1.165) is 17.7 Å². The van der Waals surface area contributed by atoms with Crippen LogP contribution in [0.5, 0.6) is 0 Å². The Bertz CT molecular complexity index is 1500. The van der Waals surface area contributed by atoms with Crippen molar-refractivity contribution in [1.29, 1.82) is 0 Å². The second kappa shape index (κ2) is 11.9. The highest BCUT2D eigenvalue weighted by Crippen LogP contribution is 2.37. The summed E-state index contributed by atoms with van der Waals surface area (Å²) in [6.45, 7) is 8.38. The molecule has 1 aliphatic rings. The number of aromatic nitrogens is 3. The predicted molar refractivity (Wildman–Crippen MR) is 151 cm³/mol. The van der Waals surface area contributed by atoms with Crippen LogP contribution in [0.15, 0.2) is 59.1 Å². The van der Waals surface area contributed by atoms with E-state index in [-0.39, 0.29) is 34.7 Å². The second-order valence-corrected chi connectivity index (χ2v) is 10.9. The number of anilines is 1. The average Bonchev–Trinajstić information content (AvgIpc) is 3.21. The van der Waals surface area contributed by atoms with Gasteiger partial charge in [0.25, 0.3) is 5.71 Å². The highest BCUT2D eigenvalue weighted by atomic mass is 19.4. The quantitative estimate of drug-likeness (QED) is 0.247. The van der Waals surface area contributed by atoms with E-state index in [2.05, 4.69) is 28.9 Å². The van der Waals surface area contributed by atoms with E-state index in [1.54, 1.807) is 6.07 Å². The molecule has 1 aliphatic heterocycles. The molecule has 0 radical (unpaired) electrons. The van der Waals surface area contributed by atoms with E-state index in [9.17, 15) is 18.0 Å². The fourth-order valence-corrected chi connectivity index (χ4v) is 5.41. The first-order valence-corrected chi connectivity index (χ1v) is 14.1. The van der Waals surface area contributed by atoms with E-state index < -0.39 is 11.7 Å². The number of alkyl halides is 3. The summed E-state index contributed by atoms with van der Waals surface area (Å²) in [7, 11) is 0. The van der Waals surface area contributed by atoms with E-state index >= 15 is 0 Å². The molecule has 0 N–H and O–H groups in total. The van der Waals surface area contributed by atoms with Crippen molar-refractivity contribution in [3.63, 3.8) is 0 Å². The summed E-state index contributed by atoms with van der Waals surface area (Å²) in [5, 5.41) is 4.64. The van der Waals surface area contributed by atoms with E-state index in [1.165, 1.54) is 6.07 Å². The molecule has 4 aromatic rings. The third kappa shape index (κ3) is 6.21. The lowest BCUT2D eigenvalue weighted by molar-refractivity contribution is -0.137. The SMILES string of the molecule is CCC(C(=O)N1CCCN(c2nc(CC(C)C)nc3onc(-c4cccc(C(F)(F)F)c4)c23)CC1)c1ccccc1. The van der Waals surface area contributed by atoms with Crippen molar-refractivity contribution in [1.82, 2.24) is 20.0 Å². The fourth-order valence-electron chi connectivity index (χ4n) is 5.41. The van der Waals surface area contributed by atoms with Crippen LogP contribution in [0.1, 0.15) is 56.5 Å². The number of rotatable bonds is 7. The molecule has 1 atom stereocenters. The maximum absolute atomic E-state index is 13.6. The van der Waals surface area contributed by atoms with Crippen LogP contribution in [0.2, 0.25) is 0 Å². The summed E-state index contributed by atoms with van der Waals surface area (Å²) in [6.07, 6.45) is -2.46. The Morgan fingerprint density at radius 3 is 2.49 bits per heavy atom. The van der Waals surface area contributed by atoms with Gasteiger partial charge < -0.3 is 14.3 Å². The van der Waals surface area contributed by atoms with Crippen LogP contribution in [0.25, 0.3) is 22.4 Å². The Labute approximate surface area is 237 Å². The van der Waals surface area contributed by atoms with Crippen LogP contribution >= 0.6 is 0 Å². The van der Waals surface area contributed by atoms with Crippen LogP contribution in [0, 0.1) is 5.92 Å². The zero-order valence-corrected chi connectivity index (χ0v) is 23.5. The van der Waals surface area contributed by atoms with Gasteiger partial charge >= 0.3 is 6.18 Å². The van der Waals surface area contributed by atoms with Crippen LogP contribution in [0.3, 0.4) is 0 Å². The molecule has 1 fully saturated rings. The van der Waals surface area contributed by atoms with Crippen LogP contribution in [0.4, 0.5) is 19.0 Å². The van der Waals surface area contributed by atoms with Gasteiger partial charge in [0.2, 0.25) is 5.91 Å². The van der Waals surface area contributed by atoms with Gasteiger partial charge in [-0.1, -0.05) is 68.4 Å². The molecule has 0 spiro atoms. The van der Waals surface area contributed by atoms with Crippen molar-refractivity contribution in [3.8, 4) is 11.3 Å². The first-order chi connectivity index (χ1) is 19.7. The van der Waals surface area contributed by atoms with Crippen molar-refractivity contribution in [2.45, 2.75) is 52.1 Å². The van der Waals surface area contributed by atoms with E-state index in [0.29, 0.717) is 62.5 Å². The topological polar surface area (TPSA) is 75.4 Å². The van der Waals surface area contributed by atoms with Crippen molar-refractivity contribution in [2.75, 3.05) is 31.1 Å². The molecule has 1 saturated heterocycles. The van der Waals surface area contributed by atoms with Crippen LogP contribution in [-0.2, 0) is 17.4 Å². The molecule has 2 aromatic carbocycles. The van der Waals surface area contributed by atoms with Gasteiger partial charge in [-0.25, -0.2) is 4.98 Å². The van der Waals surface area contributed by atoms with Gasteiger partial charge in [-0.3, -0.25) is 4.79 Å². The first kappa shape index (κ1) is 28.6. The molecule has 0 saturated carbocycles. The van der Waals surface area contributed by atoms with Gasteiger partial charge in [0.05, 0.1) is 11.5 Å². The van der Waals surface area contributed by atoms with Gasteiger partial charge in [0.1, 0.15) is 22.7 Å². The second-order valence-electron chi connectivity index (χ2n) is 10.9. The molecule has 3 heterocycles. The Morgan fingerprint density at radius 2 is 1.78 bits per heavy atom. The Kier molecular flexibility index (Phi) is 8.28. The average molecular weight is 566 g/mol. The molecular formula is C31H34F3N5O2. The molecule has 41 heavy (non-hydrogen) atoms. The number of nitrogens with zero attached hydrogens (tertiary/aromatic N) is 5. The minimum Gasteiger partial charge on any atom is -0.354 e. The summed E-state index contributed by atoms with van der Waals surface area (Å²) in [6, 6.07) is 14.9. The zero-order chi connectivity index (χ0) is 29.1. The third-order valence-electron chi connectivity index (χ3n) is 7.43. The molecule has 0 aliphatic carbocycles. The van der Waals surface area contributed by atoms with Crippen molar-refractivity contribution in [3.05, 3.63) is 71.5 Å². The molecule has 5 rings (SSSR count). The summed E-state index contributed by atoms with van der Waals surface area (Å²) in [4.78, 5) is 27.0. The number of carbonyl (C=O) groups excluding carboxylic acids is 1. The maximum Gasteiger partial charge on any atom is 0.416 e. The summed E-state index contributed by atoms with van der Waals surface area (Å²) >= 11 is 0. The standard InChI is InChI=1S/C31H34F3N5O2/c1-4-24(21-10-6-5-7-11-21)30(40)39-15-9-14-38(16-17-39)28-26-27(22-12-8-13-23(19-22)31(32,33)34)37-41-29(26)36-25(35-28)18-20(2)3/h5-8,10-13,19-20,24H,4,9,14-18H2,1-3H3. The smallest absolute Gasteiger partial charge is 0.354 e. The third-order valence-corrected chi connectivity index (χ3v) is 7.43. The number of halogens is 3. The largest absolute Gasteiger partial charge is 0.416 e. The molecule has 7 nitrogen and oxygen atoms in total. The number of fused-ring (bicyclic) bond motifs is 1. The monoisotopic (exact) mass is 565 g/mol. The van der Waals surface area contributed by atoms with Gasteiger partial charge in [-0.15, -0.1) is 0 Å². The maximum atomic E-state index is 13.6. The number of amides is 1. The summed E-state index contributed by atoms with van der Waals surface area (Å²) < 4.78 is 46.1. The van der Waals surface area contributed by atoms with Gasteiger partial charge in [-0.05, 0) is 36.5 Å². The number of carbonyl (C=O) groups is 1. The minimum atomic E-state index is -4.49. The Balaban J connectivity index is 1.49. The van der Waals surface area contributed by atoms with Gasteiger partial charge in [0, 0.05) is 38.2 Å². The van der Waals surface area contributed by atoms with Crippen LogP contribution in [-0.4, -0.2) is 52.1 Å². The lowest BCUT2D eigenvalue weighted by Gasteiger charge is -2.26. The number of benzene rings is 2. The zero-order valence-electron chi connectivity index (χ0n) is 23.5. The Morgan fingerprint density at radius 1 is 1.00 bits per heavy atom. The van der Waals surface area contributed by atoms with Crippen molar-refractivity contribution in [2.24, 2.45) is 5.92 Å². The van der Waals surface area contributed by atoms with E-state index in [4.69, 9.17) is 9.51 Å². The van der Waals surface area contributed by atoms with Gasteiger partial charge in [0.15, 0.2) is 0 Å². The lowest BCUT2D eigenvalue weighted by atomic mass is 9.95. The number of hydrogen-bond acceptors (Lipinski definition) is 6. The summed E-state index contributed by atoms with van der Waals surface area (Å²) in [5.74, 6) is 1.33. The minimum absolute atomic E-state index is 0.100. The van der Waals surface area contributed by atoms with Crippen molar-refractivity contribution < 1.29 is 22.5 Å². The Hall–Kier alpha value is -3.95. The number of hydrogen-bond donors (Lipinski definition) is 0. The highest BCUT2D eigenvalue weighted by molar-refractivity contribution is 5.98.